The lowest BCUT2D eigenvalue weighted by molar-refractivity contribution is 0.488. The Labute approximate surface area is 112 Å². The molecule has 3 N–H and O–H groups in total. The van der Waals surface area contributed by atoms with E-state index in [1.807, 2.05) is 24.3 Å². The standard InChI is InChI=1S/C12H9N5OS/c13-10(14)8-5-6-15-11(16-8)19-12-17-7-3-1-2-4-9(7)18-12/h1-6H,(H3,13,14). The van der Waals surface area contributed by atoms with Crippen LogP contribution in [0.4, 0.5) is 0 Å². The first-order chi connectivity index (χ1) is 9.22. The van der Waals surface area contributed by atoms with Crippen molar-refractivity contribution < 1.29 is 4.42 Å². The van der Waals surface area contributed by atoms with Crippen molar-refractivity contribution in [3.8, 4) is 0 Å². The normalized spacial score (nSPS) is 10.7. The van der Waals surface area contributed by atoms with Gasteiger partial charge in [0.15, 0.2) is 10.7 Å². The number of nitrogens with one attached hydrogen (secondary N) is 1. The number of nitrogen functional groups attached to an aromatic ring is 1. The van der Waals surface area contributed by atoms with Crippen LogP contribution >= 0.6 is 11.8 Å². The van der Waals surface area contributed by atoms with Crippen LogP contribution in [0, 0.1) is 5.41 Å². The molecule has 94 valence electrons. The lowest BCUT2D eigenvalue weighted by Gasteiger charge is -1.98. The van der Waals surface area contributed by atoms with Gasteiger partial charge in [-0.2, -0.15) is 0 Å². The molecule has 2 heterocycles. The lowest BCUT2D eigenvalue weighted by Crippen LogP contribution is -2.13. The third kappa shape index (κ3) is 2.41. The first kappa shape index (κ1) is 11.7. The number of nitrogens with zero attached hydrogens (tertiary/aromatic N) is 3. The van der Waals surface area contributed by atoms with Crippen molar-refractivity contribution in [2.24, 2.45) is 5.73 Å². The Bertz CT molecular complexity index is 721. The molecule has 19 heavy (non-hydrogen) atoms. The smallest absolute Gasteiger partial charge is 0.264 e. The number of hydrogen-bond acceptors (Lipinski definition) is 6. The summed E-state index contributed by atoms with van der Waals surface area (Å²) in [6.45, 7) is 0. The van der Waals surface area contributed by atoms with Gasteiger partial charge in [0.05, 0.1) is 0 Å². The maximum Gasteiger partial charge on any atom is 0.264 e. The van der Waals surface area contributed by atoms with Gasteiger partial charge in [0.25, 0.3) is 5.22 Å². The van der Waals surface area contributed by atoms with E-state index >= 15 is 0 Å². The number of aromatic nitrogens is 3. The van der Waals surface area contributed by atoms with E-state index in [0.29, 0.717) is 21.7 Å². The fourth-order valence-corrected chi connectivity index (χ4v) is 2.20. The number of fused-ring (bicyclic) bond motifs is 1. The highest BCUT2D eigenvalue weighted by molar-refractivity contribution is 7.98. The molecule has 0 fully saturated rings. The Hall–Kier alpha value is -2.41. The number of hydrogen-bond donors (Lipinski definition) is 2. The summed E-state index contributed by atoms with van der Waals surface area (Å²) >= 11 is 1.19. The zero-order valence-electron chi connectivity index (χ0n) is 9.70. The summed E-state index contributed by atoms with van der Waals surface area (Å²) in [6, 6.07) is 9.08. The number of rotatable bonds is 3. The van der Waals surface area contributed by atoms with E-state index < -0.39 is 0 Å². The number of amidine groups is 1. The summed E-state index contributed by atoms with van der Waals surface area (Å²) in [5, 5.41) is 8.24. The zero-order chi connectivity index (χ0) is 13.2. The highest BCUT2D eigenvalue weighted by Crippen LogP contribution is 2.27. The Morgan fingerprint density at radius 1 is 1.21 bits per heavy atom. The average Bonchev–Trinajstić information content (AvgIpc) is 2.81. The van der Waals surface area contributed by atoms with Gasteiger partial charge in [-0.1, -0.05) is 12.1 Å². The number of benzene rings is 1. The van der Waals surface area contributed by atoms with Gasteiger partial charge in [0.1, 0.15) is 17.0 Å². The maximum atomic E-state index is 7.34. The Morgan fingerprint density at radius 3 is 2.84 bits per heavy atom. The van der Waals surface area contributed by atoms with Crippen molar-refractivity contribution in [1.82, 2.24) is 15.0 Å². The quantitative estimate of drug-likeness (QED) is 0.429. The molecule has 0 spiro atoms. The summed E-state index contributed by atoms with van der Waals surface area (Å²) in [5.41, 5.74) is 7.27. The molecule has 7 heteroatoms. The fraction of sp³-hybridized carbons (Fsp3) is 0. The molecule has 2 aromatic heterocycles. The van der Waals surface area contributed by atoms with Gasteiger partial charge in [-0.15, -0.1) is 0 Å². The summed E-state index contributed by atoms with van der Waals surface area (Å²) in [5.74, 6) is -0.0955. The minimum absolute atomic E-state index is 0.0955. The molecule has 6 nitrogen and oxygen atoms in total. The zero-order valence-corrected chi connectivity index (χ0v) is 10.5. The molecule has 0 radical (unpaired) electrons. The van der Waals surface area contributed by atoms with Crippen LogP contribution in [0.5, 0.6) is 0 Å². The molecule has 3 aromatic rings. The lowest BCUT2D eigenvalue weighted by atomic mass is 10.3. The Morgan fingerprint density at radius 2 is 2.05 bits per heavy atom. The van der Waals surface area contributed by atoms with Crippen LogP contribution in [-0.4, -0.2) is 20.8 Å². The molecule has 0 saturated heterocycles. The first-order valence-electron chi connectivity index (χ1n) is 5.43. The average molecular weight is 271 g/mol. The predicted molar refractivity (Wildman–Crippen MR) is 71.2 cm³/mol. The molecule has 0 aliphatic rings. The highest BCUT2D eigenvalue weighted by atomic mass is 32.2. The van der Waals surface area contributed by atoms with Gasteiger partial charge in [-0.05, 0) is 18.2 Å². The van der Waals surface area contributed by atoms with Gasteiger partial charge < -0.3 is 10.2 Å². The molecule has 0 amide bonds. The fourth-order valence-electron chi connectivity index (χ4n) is 1.51. The summed E-state index contributed by atoms with van der Waals surface area (Å²) in [4.78, 5) is 12.5. The molecule has 0 aliphatic carbocycles. The molecule has 1 aromatic carbocycles. The van der Waals surface area contributed by atoms with Crippen LogP contribution in [0.2, 0.25) is 0 Å². The van der Waals surface area contributed by atoms with Crippen LogP contribution in [0.1, 0.15) is 5.69 Å². The van der Waals surface area contributed by atoms with E-state index in [0.717, 1.165) is 5.52 Å². The van der Waals surface area contributed by atoms with Crippen LogP contribution in [-0.2, 0) is 0 Å². The Balaban J connectivity index is 1.92. The van der Waals surface area contributed by atoms with Crippen molar-refractivity contribution in [2.45, 2.75) is 10.4 Å². The summed E-state index contributed by atoms with van der Waals surface area (Å²) < 4.78 is 5.56. The predicted octanol–water partition coefficient (Wildman–Crippen LogP) is 2.05. The topological polar surface area (TPSA) is 102 Å². The van der Waals surface area contributed by atoms with Crippen molar-refractivity contribution >= 4 is 28.7 Å². The SMILES string of the molecule is N=C(N)c1ccnc(Sc2nc3ccccc3o2)n1. The van der Waals surface area contributed by atoms with E-state index in [-0.39, 0.29) is 5.84 Å². The van der Waals surface area contributed by atoms with Crippen molar-refractivity contribution in [1.29, 1.82) is 5.41 Å². The molecule has 0 aliphatic heterocycles. The summed E-state index contributed by atoms with van der Waals surface area (Å²) in [7, 11) is 0. The largest absolute Gasteiger partial charge is 0.431 e. The van der Waals surface area contributed by atoms with Crippen LogP contribution in [0.15, 0.2) is 51.3 Å². The van der Waals surface area contributed by atoms with E-state index in [4.69, 9.17) is 15.6 Å². The molecule has 3 rings (SSSR count). The third-order valence-electron chi connectivity index (χ3n) is 2.36. The first-order valence-corrected chi connectivity index (χ1v) is 6.25. The van der Waals surface area contributed by atoms with E-state index in [2.05, 4.69) is 15.0 Å². The third-order valence-corrected chi connectivity index (χ3v) is 3.09. The van der Waals surface area contributed by atoms with Crippen molar-refractivity contribution in [3.63, 3.8) is 0 Å². The maximum absolute atomic E-state index is 7.34. The molecule has 0 bridgehead atoms. The van der Waals surface area contributed by atoms with Crippen molar-refractivity contribution in [2.75, 3.05) is 0 Å². The number of oxazole rings is 1. The molecular formula is C12H9N5OS. The van der Waals surface area contributed by atoms with Gasteiger partial charge >= 0.3 is 0 Å². The van der Waals surface area contributed by atoms with E-state index in [1.165, 1.54) is 11.8 Å². The van der Waals surface area contributed by atoms with Gasteiger partial charge in [0.2, 0.25) is 0 Å². The summed E-state index contributed by atoms with van der Waals surface area (Å²) in [6.07, 6.45) is 1.55. The van der Waals surface area contributed by atoms with Crippen LogP contribution in [0.3, 0.4) is 0 Å². The minimum Gasteiger partial charge on any atom is -0.431 e. The molecule has 0 unspecified atom stereocenters. The second-order valence-corrected chi connectivity index (χ2v) is 4.61. The van der Waals surface area contributed by atoms with Crippen molar-refractivity contribution in [3.05, 3.63) is 42.2 Å². The second-order valence-electron chi connectivity index (χ2n) is 3.69. The Kier molecular flexibility index (Phi) is 2.88. The highest BCUT2D eigenvalue weighted by Gasteiger charge is 2.10. The molecule has 0 atom stereocenters. The van der Waals surface area contributed by atoms with E-state index in [9.17, 15) is 0 Å². The van der Waals surface area contributed by atoms with Gasteiger partial charge in [0, 0.05) is 18.0 Å². The minimum atomic E-state index is -0.0955. The van der Waals surface area contributed by atoms with Crippen LogP contribution < -0.4 is 5.73 Å². The van der Waals surface area contributed by atoms with E-state index in [1.54, 1.807) is 12.3 Å². The van der Waals surface area contributed by atoms with Gasteiger partial charge in [-0.3, -0.25) is 5.41 Å². The molecular weight excluding hydrogens is 262 g/mol. The van der Waals surface area contributed by atoms with Crippen LogP contribution in [0.25, 0.3) is 11.1 Å². The van der Waals surface area contributed by atoms with Gasteiger partial charge in [-0.25, -0.2) is 15.0 Å². The number of nitrogens with two attached hydrogens (primary N) is 1. The molecule has 0 saturated carbocycles. The monoisotopic (exact) mass is 271 g/mol. The number of para-hydroxylation sites is 2. The second kappa shape index (κ2) is 4.69.